The summed E-state index contributed by atoms with van der Waals surface area (Å²) in [5.41, 5.74) is 0.716. The molecule has 1 aromatic carbocycles. The Balaban J connectivity index is 1.68. The lowest BCUT2D eigenvalue weighted by Gasteiger charge is -2.30. The molecule has 0 unspecified atom stereocenters. The van der Waals surface area contributed by atoms with Crippen LogP contribution in [0.1, 0.15) is 30.4 Å². The van der Waals surface area contributed by atoms with E-state index in [1.165, 1.54) is 10.6 Å². The van der Waals surface area contributed by atoms with Crippen LogP contribution in [0.25, 0.3) is 17.0 Å². The minimum absolute atomic E-state index is 0.0428. The highest BCUT2D eigenvalue weighted by atomic mass is 19.3. The summed E-state index contributed by atoms with van der Waals surface area (Å²) >= 11 is 0. The second kappa shape index (κ2) is 7.55. The molecule has 0 spiro atoms. The fourth-order valence-corrected chi connectivity index (χ4v) is 4.20. The van der Waals surface area contributed by atoms with Crippen LogP contribution in [0.15, 0.2) is 23.0 Å². The Morgan fingerprint density at radius 2 is 1.97 bits per heavy atom. The number of rotatable bonds is 3. The lowest BCUT2D eigenvalue weighted by molar-refractivity contribution is 0.260. The van der Waals surface area contributed by atoms with Crippen molar-refractivity contribution in [3.63, 3.8) is 0 Å². The molecule has 1 fully saturated rings. The number of hydrogen-bond acceptors (Lipinski definition) is 6. The molecule has 0 saturated carbocycles. The van der Waals surface area contributed by atoms with Crippen LogP contribution in [-0.4, -0.2) is 50.9 Å². The number of fused-ring (bicyclic) bond motifs is 1. The van der Waals surface area contributed by atoms with Crippen molar-refractivity contribution >= 4 is 11.4 Å². The van der Waals surface area contributed by atoms with Crippen LogP contribution in [0.5, 0.6) is 5.75 Å². The number of phenols is 1. The maximum absolute atomic E-state index is 13.1. The van der Waals surface area contributed by atoms with Gasteiger partial charge in [-0.3, -0.25) is 9.36 Å². The van der Waals surface area contributed by atoms with Crippen molar-refractivity contribution in [3.05, 3.63) is 39.7 Å². The number of aromatic hydroxyl groups is 1. The van der Waals surface area contributed by atoms with Crippen molar-refractivity contribution in [1.82, 2.24) is 19.7 Å². The first-order valence-electron chi connectivity index (χ1n) is 9.65. The van der Waals surface area contributed by atoms with Crippen molar-refractivity contribution < 1.29 is 13.9 Å². The maximum Gasteiger partial charge on any atom is 0.296 e. The predicted molar refractivity (Wildman–Crippen MR) is 106 cm³/mol. The van der Waals surface area contributed by atoms with Gasteiger partial charge in [0.05, 0.1) is 5.56 Å². The largest absolute Gasteiger partial charge is 0.507 e. The minimum Gasteiger partial charge on any atom is -0.507 e. The second-order valence-corrected chi connectivity index (χ2v) is 7.71. The van der Waals surface area contributed by atoms with Crippen molar-refractivity contribution in [3.8, 4) is 17.1 Å². The monoisotopic (exact) mass is 403 g/mol. The van der Waals surface area contributed by atoms with Gasteiger partial charge < -0.3 is 15.3 Å². The Hall–Kier alpha value is -2.81. The third-order valence-electron chi connectivity index (χ3n) is 5.74. The first-order valence-corrected chi connectivity index (χ1v) is 9.65. The molecule has 4 rings (SSSR count). The molecular formula is C20H23F2N5O2. The van der Waals surface area contributed by atoms with E-state index in [2.05, 4.69) is 20.4 Å². The standard InChI is InChI=1S/C20H23F2N5O2/c1-26-9-3-4-11(10-26)23-18-20(29)27(2)19(25-24-18)15-8-5-12-13(16(15)28)6-7-14(12)17(21)22/h5,8,11,28H,3-4,6-7,9-10H2,1-2H3,(H,23,24)/t11-/m1/s1. The normalized spacial score (nSPS) is 19.3. The molecule has 0 bridgehead atoms. The van der Waals surface area contributed by atoms with Crippen LogP contribution in [0, 0.1) is 0 Å². The molecule has 154 valence electrons. The average molecular weight is 403 g/mol. The second-order valence-electron chi connectivity index (χ2n) is 7.71. The first-order chi connectivity index (χ1) is 13.9. The van der Waals surface area contributed by atoms with E-state index in [9.17, 15) is 18.7 Å². The number of nitrogens with zero attached hydrogens (tertiary/aromatic N) is 4. The number of benzene rings is 1. The number of halogens is 2. The zero-order chi connectivity index (χ0) is 20.7. The van der Waals surface area contributed by atoms with E-state index in [1.54, 1.807) is 13.1 Å². The number of piperidine rings is 1. The van der Waals surface area contributed by atoms with Crippen molar-refractivity contribution in [2.75, 3.05) is 25.5 Å². The lowest BCUT2D eigenvalue weighted by Crippen LogP contribution is -2.41. The Kier molecular flexibility index (Phi) is 5.08. The molecule has 2 N–H and O–H groups in total. The molecule has 29 heavy (non-hydrogen) atoms. The van der Waals surface area contributed by atoms with Crippen molar-refractivity contribution in [2.24, 2.45) is 7.05 Å². The quantitative estimate of drug-likeness (QED) is 0.820. The number of phenolic OH excluding ortho intramolecular Hbond substituents is 1. The Morgan fingerprint density at radius 3 is 2.69 bits per heavy atom. The molecule has 7 nitrogen and oxygen atoms in total. The molecule has 1 aliphatic heterocycles. The van der Waals surface area contributed by atoms with Crippen LogP contribution in [0.3, 0.4) is 0 Å². The zero-order valence-corrected chi connectivity index (χ0v) is 16.4. The summed E-state index contributed by atoms with van der Waals surface area (Å²) in [5, 5.41) is 22.0. The van der Waals surface area contributed by atoms with Gasteiger partial charge in [-0.05, 0) is 50.9 Å². The number of nitrogens with one attached hydrogen (secondary N) is 1. The fourth-order valence-electron chi connectivity index (χ4n) is 4.20. The van der Waals surface area contributed by atoms with Gasteiger partial charge in [-0.25, -0.2) is 0 Å². The highest BCUT2D eigenvalue weighted by Gasteiger charge is 2.27. The summed E-state index contributed by atoms with van der Waals surface area (Å²) in [6.45, 7) is 1.85. The van der Waals surface area contributed by atoms with Gasteiger partial charge >= 0.3 is 0 Å². The van der Waals surface area contributed by atoms with Crippen molar-refractivity contribution in [2.45, 2.75) is 31.7 Å². The van der Waals surface area contributed by atoms with Gasteiger partial charge in [0.2, 0.25) is 5.82 Å². The molecule has 2 aromatic rings. The van der Waals surface area contributed by atoms with Crippen LogP contribution >= 0.6 is 0 Å². The Bertz CT molecular complexity index is 1050. The maximum atomic E-state index is 13.1. The number of hydrogen-bond donors (Lipinski definition) is 2. The smallest absolute Gasteiger partial charge is 0.296 e. The van der Waals surface area contributed by atoms with Gasteiger partial charge in [0, 0.05) is 30.8 Å². The predicted octanol–water partition coefficient (Wildman–Crippen LogP) is 2.61. The summed E-state index contributed by atoms with van der Waals surface area (Å²) in [6, 6.07) is 3.17. The van der Waals surface area contributed by atoms with Crippen LogP contribution in [0.4, 0.5) is 14.6 Å². The van der Waals surface area contributed by atoms with Crippen LogP contribution in [0.2, 0.25) is 0 Å². The van der Waals surface area contributed by atoms with Gasteiger partial charge in [-0.15, -0.1) is 10.2 Å². The number of likely N-dealkylation sites (tertiary alicyclic amines) is 1. The first kappa shape index (κ1) is 19.5. The van der Waals surface area contributed by atoms with Gasteiger partial charge in [-0.1, -0.05) is 6.07 Å². The molecule has 1 saturated heterocycles. The van der Waals surface area contributed by atoms with Crippen LogP contribution in [-0.2, 0) is 13.5 Å². The minimum atomic E-state index is -1.73. The lowest BCUT2D eigenvalue weighted by atomic mass is 10.0. The van der Waals surface area contributed by atoms with Crippen molar-refractivity contribution in [1.29, 1.82) is 0 Å². The van der Waals surface area contributed by atoms with E-state index in [4.69, 9.17) is 0 Å². The number of allylic oxidation sites excluding steroid dienone is 1. The van der Waals surface area contributed by atoms with E-state index >= 15 is 0 Å². The van der Waals surface area contributed by atoms with E-state index in [0.29, 0.717) is 23.1 Å². The number of likely N-dealkylation sites (N-methyl/N-ethyl adjacent to an activating group) is 1. The van der Waals surface area contributed by atoms with Gasteiger partial charge in [0.15, 0.2) is 5.82 Å². The summed E-state index contributed by atoms with van der Waals surface area (Å²) in [5.74, 6) is 0.236. The van der Waals surface area contributed by atoms with E-state index in [1.807, 2.05) is 7.05 Å². The van der Waals surface area contributed by atoms with Crippen LogP contribution < -0.4 is 10.9 Å². The molecule has 2 heterocycles. The number of anilines is 1. The Morgan fingerprint density at radius 1 is 1.21 bits per heavy atom. The molecule has 1 atom stereocenters. The Labute approximate surface area is 166 Å². The third kappa shape index (κ3) is 3.50. The number of aromatic nitrogens is 3. The summed E-state index contributed by atoms with van der Waals surface area (Å²) in [4.78, 5) is 15.0. The van der Waals surface area contributed by atoms with E-state index < -0.39 is 6.08 Å². The molecule has 0 radical (unpaired) electrons. The van der Waals surface area contributed by atoms with Gasteiger partial charge in [-0.2, -0.15) is 8.78 Å². The molecule has 2 aliphatic rings. The molecular weight excluding hydrogens is 380 g/mol. The summed E-state index contributed by atoms with van der Waals surface area (Å²) in [7, 11) is 3.59. The topological polar surface area (TPSA) is 83.3 Å². The van der Waals surface area contributed by atoms with E-state index in [0.717, 1.165) is 25.9 Å². The molecule has 1 aromatic heterocycles. The average Bonchev–Trinajstić information content (AvgIpc) is 3.12. The zero-order valence-electron chi connectivity index (χ0n) is 16.4. The molecule has 9 heteroatoms. The fraction of sp³-hybridized carbons (Fsp3) is 0.450. The third-order valence-corrected chi connectivity index (χ3v) is 5.74. The summed E-state index contributed by atoms with van der Waals surface area (Å²) < 4.78 is 27.5. The molecule has 0 amide bonds. The highest BCUT2D eigenvalue weighted by Crippen LogP contribution is 2.43. The highest BCUT2D eigenvalue weighted by molar-refractivity contribution is 5.80. The van der Waals surface area contributed by atoms with E-state index in [-0.39, 0.29) is 41.0 Å². The SMILES string of the molecule is CN1CCC[C@@H](Nc2nnc(-c3ccc4c(c3O)CCC4=C(F)F)n(C)c2=O)C1. The molecule has 1 aliphatic carbocycles. The van der Waals surface area contributed by atoms with Gasteiger partial charge in [0.1, 0.15) is 5.75 Å². The van der Waals surface area contributed by atoms with Gasteiger partial charge in [0.25, 0.3) is 11.6 Å². The summed E-state index contributed by atoms with van der Waals surface area (Å²) in [6.07, 6.45) is 0.755.